The first-order valence-electron chi connectivity index (χ1n) is 9.05. The van der Waals surface area contributed by atoms with Crippen LogP contribution in [0.2, 0.25) is 0 Å². The van der Waals surface area contributed by atoms with Gasteiger partial charge in [-0.15, -0.1) is 0 Å². The third kappa shape index (κ3) is 4.03. The molecule has 27 heavy (non-hydrogen) atoms. The number of carbonyl (C=O) groups is 1. The number of hydrogen-bond donors (Lipinski definition) is 1. The van der Waals surface area contributed by atoms with Crippen molar-refractivity contribution in [3.8, 4) is 11.4 Å². The maximum Gasteiger partial charge on any atom is 0.257 e. The fourth-order valence-electron chi connectivity index (χ4n) is 3.12. The van der Waals surface area contributed by atoms with Crippen LogP contribution in [0.15, 0.2) is 54.7 Å². The van der Waals surface area contributed by atoms with Crippen molar-refractivity contribution < 1.29 is 9.90 Å². The van der Waals surface area contributed by atoms with Crippen molar-refractivity contribution in [3.63, 3.8) is 0 Å². The first-order valence-corrected chi connectivity index (χ1v) is 9.05. The number of rotatable bonds is 5. The number of phenolic OH excluding ortho intramolecular Hbond substituents is 1. The molecule has 3 rings (SSSR count). The summed E-state index contributed by atoms with van der Waals surface area (Å²) in [5.41, 5.74) is 4.61. The van der Waals surface area contributed by atoms with Gasteiger partial charge in [-0.2, -0.15) is 5.10 Å². The van der Waals surface area contributed by atoms with E-state index in [0.717, 1.165) is 16.9 Å². The van der Waals surface area contributed by atoms with Crippen LogP contribution < -0.4 is 0 Å². The highest BCUT2D eigenvalue weighted by Gasteiger charge is 2.23. The highest BCUT2D eigenvalue weighted by atomic mass is 16.3. The summed E-state index contributed by atoms with van der Waals surface area (Å²) in [5, 5.41) is 13.9. The van der Waals surface area contributed by atoms with Gasteiger partial charge in [0.2, 0.25) is 0 Å². The number of aromatic hydroxyl groups is 1. The Morgan fingerprint density at radius 3 is 2.33 bits per heavy atom. The molecule has 0 aliphatic carbocycles. The standard InChI is InChI=1S/C22H25N3O2/c1-15(2)21-20(13-23-25(21)18-9-5-16(3)6-10-18)22(27)24(4)14-17-7-11-19(26)12-8-17/h5-13,15,26H,14H2,1-4H3. The summed E-state index contributed by atoms with van der Waals surface area (Å²) in [6, 6.07) is 15.0. The molecule has 0 fully saturated rings. The Labute approximate surface area is 159 Å². The molecule has 140 valence electrons. The van der Waals surface area contributed by atoms with Gasteiger partial charge in [-0.05, 0) is 42.7 Å². The van der Waals surface area contributed by atoms with E-state index in [0.29, 0.717) is 12.1 Å². The minimum atomic E-state index is -0.0647. The number of hydrogen-bond acceptors (Lipinski definition) is 3. The Morgan fingerprint density at radius 1 is 1.11 bits per heavy atom. The normalized spacial score (nSPS) is 11.0. The Bertz CT molecular complexity index is 925. The van der Waals surface area contributed by atoms with Crippen LogP contribution in [0.3, 0.4) is 0 Å². The fraction of sp³-hybridized carbons (Fsp3) is 0.273. The molecule has 0 aliphatic heterocycles. The zero-order valence-corrected chi connectivity index (χ0v) is 16.2. The van der Waals surface area contributed by atoms with Crippen molar-refractivity contribution in [2.24, 2.45) is 0 Å². The molecular formula is C22H25N3O2. The Kier molecular flexibility index (Phi) is 5.31. The highest BCUT2D eigenvalue weighted by molar-refractivity contribution is 5.95. The molecule has 3 aromatic rings. The third-order valence-electron chi connectivity index (χ3n) is 4.57. The summed E-state index contributed by atoms with van der Waals surface area (Å²) >= 11 is 0. The predicted octanol–water partition coefficient (Wildman–Crippen LogP) is 4.28. The quantitative estimate of drug-likeness (QED) is 0.736. The summed E-state index contributed by atoms with van der Waals surface area (Å²) in [6.07, 6.45) is 1.66. The minimum Gasteiger partial charge on any atom is -0.508 e. The minimum absolute atomic E-state index is 0.0647. The zero-order chi connectivity index (χ0) is 19.6. The molecule has 1 heterocycles. The Balaban J connectivity index is 1.90. The van der Waals surface area contributed by atoms with Gasteiger partial charge >= 0.3 is 0 Å². The van der Waals surface area contributed by atoms with Crippen LogP contribution >= 0.6 is 0 Å². The average Bonchev–Trinajstić information content (AvgIpc) is 3.09. The first-order chi connectivity index (χ1) is 12.9. The van der Waals surface area contributed by atoms with Gasteiger partial charge < -0.3 is 10.0 Å². The summed E-state index contributed by atoms with van der Waals surface area (Å²) in [7, 11) is 1.78. The van der Waals surface area contributed by atoms with Crippen molar-refractivity contribution in [2.75, 3.05) is 7.05 Å². The van der Waals surface area contributed by atoms with E-state index in [2.05, 4.69) is 18.9 Å². The molecule has 0 unspecified atom stereocenters. The molecular weight excluding hydrogens is 338 g/mol. The molecule has 0 radical (unpaired) electrons. The van der Waals surface area contributed by atoms with E-state index in [9.17, 15) is 9.90 Å². The molecule has 0 saturated heterocycles. The van der Waals surface area contributed by atoms with Crippen LogP contribution in [0.25, 0.3) is 5.69 Å². The van der Waals surface area contributed by atoms with Gasteiger partial charge in [0.15, 0.2) is 0 Å². The lowest BCUT2D eigenvalue weighted by atomic mass is 10.0. The van der Waals surface area contributed by atoms with E-state index in [1.807, 2.05) is 48.0 Å². The summed E-state index contributed by atoms with van der Waals surface area (Å²) in [4.78, 5) is 14.7. The van der Waals surface area contributed by atoms with Crippen molar-refractivity contribution in [1.29, 1.82) is 0 Å². The van der Waals surface area contributed by atoms with E-state index in [1.54, 1.807) is 30.3 Å². The molecule has 1 N–H and O–H groups in total. The van der Waals surface area contributed by atoms with Gasteiger partial charge in [-0.3, -0.25) is 4.79 Å². The maximum absolute atomic E-state index is 13.1. The van der Waals surface area contributed by atoms with Gasteiger partial charge in [0.1, 0.15) is 5.75 Å². The van der Waals surface area contributed by atoms with E-state index in [-0.39, 0.29) is 17.6 Å². The van der Waals surface area contributed by atoms with E-state index in [1.165, 1.54) is 5.56 Å². The fourth-order valence-corrected chi connectivity index (χ4v) is 3.12. The van der Waals surface area contributed by atoms with E-state index >= 15 is 0 Å². The lowest BCUT2D eigenvalue weighted by Crippen LogP contribution is -2.27. The largest absolute Gasteiger partial charge is 0.508 e. The highest BCUT2D eigenvalue weighted by Crippen LogP contribution is 2.25. The van der Waals surface area contributed by atoms with Gasteiger partial charge in [0.05, 0.1) is 23.1 Å². The van der Waals surface area contributed by atoms with Crippen LogP contribution in [-0.4, -0.2) is 32.7 Å². The average molecular weight is 363 g/mol. The summed E-state index contributed by atoms with van der Waals surface area (Å²) in [6.45, 7) is 6.65. The molecule has 0 aliphatic rings. The number of nitrogens with zero attached hydrogens (tertiary/aromatic N) is 3. The number of benzene rings is 2. The molecule has 5 heteroatoms. The van der Waals surface area contributed by atoms with Gasteiger partial charge in [-0.25, -0.2) is 4.68 Å². The summed E-state index contributed by atoms with van der Waals surface area (Å²) in [5.74, 6) is 0.300. The van der Waals surface area contributed by atoms with Crippen LogP contribution in [0.5, 0.6) is 5.75 Å². The first kappa shape index (κ1) is 18.7. The molecule has 0 bridgehead atoms. The number of phenols is 1. The van der Waals surface area contributed by atoms with Crippen LogP contribution in [0.4, 0.5) is 0 Å². The van der Waals surface area contributed by atoms with Crippen molar-refractivity contribution in [1.82, 2.24) is 14.7 Å². The van der Waals surface area contributed by atoms with Crippen LogP contribution in [-0.2, 0) is 6.54 Å². The van der Waals surface area contributed by atoms with E-state index < -0.39 is 0 Å². The smallest absolute Gasteiger partial charge is 0.257 e. The van der Waals surface area contributed by atoms with Crippen LogP contribution in [0, 0.1) is 6.92 Å². The second-order valence-electron chi connectivity index (χ2n) is 7.17. The Morgan fingerprint density at radius 2 is 1.74 bits per heavy atom. The predicted molar refractivity (Wildman–Crippen MR) is 106 cm³/mol. The van der Waals surface area contributed by atoms with Gasteiger partial charge in [0.25, 0.3) is 5.91 Å². The molecule has 0 spiro atoms. The molecule has 0 atom stereocenters. The summed E-state index contributed by atoms with van der Waals surface area (Å²) < 4.78 is 1.85. The lowest BCUT2D eigenvalue weighted by molar-refractivity contribution is 0.0783. The van der Waals surface area contributed by atoms with Gasteiger partial charge in [-0.1, -0.05) is 43.7 Å². The molecule has 1 amide bonds. The molecule has 0 saturated carbocycles. The number of aromatic nitrogens is 2. The van der Waals surface area contributed by atoms with Gasteiger partial charge in [0, 0.05) is 13.6 Å². The zero-order valence-electron chi connectivity index (χ0n) is 16.2. The topological polar surface area (TPSA) is 58.4 Å². The van der Waals surface area contributed by atoms with Crippen molar-refractivity contribution in [2.45, 2.75) is 33.2 Å². The number of carbonyl (C=O) groups excluding carboxylic acids is 1. The number of amides is 1. The lowest BCUT2D eigenvalue weighted by Gasteiger charge is -2.19. The van der Waals surface area contributed by atoms with Crippen molar-refractivity contribution in [3.05, 3.63) is 77.1 Å². The third-order valence-corrected chi connectivity index (χ3v) is 4.57. The second-order valence-corrected chi connectivity index (χ2v) is 7.17. The molecule has 1 aromatic heterocycles. The molecule has 5 nitrogen and oxygen atoms in total. The number of aryl methyl sites for hydroxylation is 1. The Hall–Kier alpha value is -3.08. The monoisotopic (exact) mass is 363 g/mol. The van der Waals surface area contributed by atoms with Crippen molar-refractivity contribution >= 4 is 5.91 Å². The van der Waals surface area contributed by atoms with E-state index in [4.69, 9.17) is 0 Å². The molecule has 2 aromatic carbocycles. The second kappa shape index (κ2) is 7.66. The van der Waals surface area contributed by atoms with Crippen LogP contribution in [0.1, 0.15) is 46.9 Å². The SMILES string of the molecule is Cc1ccc(-n2ncc(C(=O)N(C)Cc3ccc(O)cc3)c2C(C)C)cc1. The maximum atomic E-state index is 13.1.